The molecule has 15 heavy (non-hydrogen) atoms. The lowest BCUT2D eigenvalue weighted by molar-refractivity contribution is 0.0693. The van der Waals surface area contributed by atoms with Crippen LogP contribution in [0.15, 0.2) is 11.4 Å². The molecule has 5 heteroatoms. The summed E-state index contributed by atoms with van der Waals surface area (Å²) in [4.78, 5) is 19.2. The van der Waals surface area contributed by atoms with E-state index in [1.807, 2.05) is 20.1 Å². The van der Waals surface area contributed by atoms with E-state index < -0.39 is 5.97 Å². The largest absolute Gasteiger partial charge is 0.478 e. The minimum atomic E-state index is -0.960. The summed E-state index contributed by atoms with van der Waals surface area (Å²) in [5.41, 5.74) is 0.839. The molecule has 1 atom stereocenters. The SMILES string of the molecule is CCC(C)c1nc(SC)ncc1C(=O)O. The Hall–Kier alpha value is -1.10. The first-order chi connectivity index (χ1) is 7.10. The Bertz CT molecular complexity index is 368. The van der Waals surface area contributed by atoms with E-state index in [4.69, 9.17) is 5.11 Å². The summed E-state index contributed by atoms with van der Waals surface area (Å²) >= 11 is 1.42. The van der Waals surface area contributed by atoms with Gasteiger partial charge in [0, 0.05) is 6.20 Å². The van der Waals surface area contributed by atoms with Crippen LogP contribution in [0.2, 0.25) is 0 Å². The van der Waals surface area contributed by atoms with E-state index in [0.29, 0.717) is 10.9 Å². The van der Waals surface area contributed by atoms with Crippen molar-refractivity contribution in [3.63, 3.8) is 0 Å². The van der Waals surface area contributed by atoms with Gasteiger partial charge in [-0.15, -0.1) is 0 Å². The van der Waals surface area contributed by atoms with Crippen molar-refractivity contribution in [2.45, 2.75) is 31.3 Å². The smallest absolute Gasteiger partial charge is 0.339 e. The Morgan fingerprint density at radius 3 is 2.80 bits per heavy atom. The maximum atomic E-state index is 11.0. The van der Waals surface area contributed by atoms with E-state index in [0.717, 1.165) is 6.42 Å². The first kappa shape index (κ1) is 12.0. The van der Waals surface area contributed by atoms with Crippen LogP contribution < -0.4 is 0 Å². The highest BCUT2D eigenvalue weighted by atomic mass is 32.2. The Balaban J connectivity index is 3.22. The van der Waals surface area contributed by atoms with Crippen molar-refractivity contribution in [1.82, 2.24) is 9.97 Å². The fourth-order valence-corrected chi connectivity index (χ4v) is 1.56. The summed E-state index contributed by atoms with van der Waals surface area (Å²) in [5.74, 6) is -0.817. The molecule has 1 rings (SSSR count). The van der Waals surface area contributed by atoms with Crippen LogP contribution in [0.25, 0.3) is 0 Å². The van der Waals surface area contributed by atoms with Crippen LogP contribution in [0, 0.1) is 0 Å². The molecule has 0 aliphatic carbocycles. The number of carboxylic acid groups (broad SMARTS) is 1. The monoisotopic (exact) mass is 226 g/mol. The Morgan fingerprint density at radius 2 is 2.33 bits per heavy atom. The van der Waals surface area contributed by atoms with Gasteiger partial charge in [-0.05, 0) is 18.6 Å². The third kappa shape index (κ3) is 2.68. The van der Waals surface area contributed by atoms with Crippen LogP contribution in [0.5, 0.6) is 0 Å². The van der Waals surface area contributed by atoms with Crippen LogP contribution >= 0.6 is 11.8 Å². The molecule has 0 aliphatic heterocycles. The Kier molecular flexibility index (Phi) is 4.08. The first-order valence-electron chi connectivity index (χ1n) is 4.74. The van der Waals surface area contributed by atoms with Gasteiger partial charge in [-0.3, -0.25) is 0 Å². The molecule has 1 aromatic heterocycles. The zero-order chi connectivity index (χ0) is 11.4. The van der Waals surface area contributed by atoms with E-state index in [9.17, 15) is 4.79 Å². The normalized spacial score (nSPS) is 12.5. The maximum Gasteiger partial charge on any atom is 0.339 e. The van der Waals surface area contributed by atoms with E-state index in [-0.39, 0.29) is 11.5 Å². The van der Waals surface area contributed by atoms with Gasteiger partial charge in [-0.2, -0.15) is 0 Å². The van der Waals surface area contributed by atoms with Gasteiger partial charge in [0.05, 0.1) is 11.3 Å². The molecular weight excluding hydrogens is 212 g/mol. The molecular formula is C10H14N2O2S. The molecule has 1 aromatic rings. The zero-order valence-electron chi connectivity index (χ0n) is 9.02. The van der Waals surface area contributed by atoms with E-state index in [1.54, 1.807) is 0 Å². The summed E-state index contributed by atoms with van der Waals surface area (Å²) < 4.78 is 0. The predicted molar refractivity (Wildman–Crippen MR) is 59.5 cm³/mol. The van der Waals surface area contributed by atoms with Gasteiger partial charge in [0.2, 0.25) is 0 Å². The van der Waals surface area contributed by atoms with Gasteiger partial charge in [0.25, 0.3) is 0 Å². The van der Waals surface area contributed by atoms with Gasteiger partial charge in [0.15, 0.2) is 5.16 Å². The highest BCUT2D eigenvalue weighted by Gasteiger charge is 2.17. The molecule has 0 aromatic carbocycles. The molecule has 1 unspecified atom stereocenters. The topological polar surface area (TPSA) is 63.1 Å². The second kappa shape index (κ2) is 5.11. The van der Waals surface area contributed by atoms with Crippen LogP contribution in [0.3, 0.4) is 0 Å². The van der Waals surface area contributed by atoms with Crippen LogP contribution in [-0.2, 0) is 0 Å². The first-order valence-corrected chi connectivity index (χ1v) is 5.96. The maximum absolute atomic E-state index is 11.0. The lowest BCUT2D eigenvalue weighted by Gasteiger charge is -2.11. The molecule has 0 spiro atoms. The number of thioether (sulfide) groups is 1. The Labute approximate surface area is 93.1 Å². The molecule has 0 saturated heterocycles. The molecule has 1 N–H and O–H groups in total. The van der Waals surface area contributed by atoms with Crippen LogP contribution in [0.4, 0.5) is 0 Å². The second-order valence-corrected chi connectivity index (χ2v) is 4.04. The number of nitrogens with zero attached hydrogens (tertiary/aromatic N) is 2. The van der Waals surface area contributed by atoms with Gasteiger partial charge in [-0.25, -0.2) is 14.8 Å². The summed E-state index contributed by atoms with van der Waals surface area (Å²) in [6, 6.07) is 0. The van der Waals surface area contributed by atoms with Gasteiger partial charge < -0.3 is 5.11 Å². The third-order valence-electron chi connectivity index (χ3n) is 2.29. The summed E-state index contributed by atoms with van der Waals surface area (Å²) in [5, 5.41) is 9.61. The van der Waals surface area contributed by atoms with Gasteiger partial charge >= 0.3 is 5.97 Å². The minimum absolute atomic E-state index is 0.144. The standard InChI is InChI=1S/C10H14N2O2S/c1-4-6(2)8-7(9(13)14)5-11-10(12-8)15-3/h5-6H,4H2,1-3H3,(H,13,14). The predicted octanol–water partition coefficient (Wildman–Crippen LogP) is 2.41. The van der Waals surface area contributed by atoms with E-state index in [1.165, 1.54) is 18.0 Å². The molecule has 1 heterocycles. The lowest BCUT2D eigenvalue weighted by Crippen LogP contribution is -2.09. The highest BCUT2D eigenvalue weighted by Crippen LogP contribution is 2.22. The fourth-order valence-electron chi connectivity index (χ4n) is 1.21. The summed E-state index contributed by atoms with van der Waals surface area (Å²) in [7, 11) is 0. The summed E-state index contributed by atoms with van der Waals surface area (Å²) in [6.07, 6.45) is 4.13. The highest BCUT2D eigenvalue weighted by molar-refractivity contribution is 7.98. The molecule has 0 saturated carbocycles. The van der Waals surface area contributed by atoms with Crippen molar-refractivity contribution >= 4 is 17.7 Å². The average Bonchev–Trinajstić information content (AvgIpc) is 2.26. The summed E-state index contributed by atoms with van der Waals surface area (Å²) in [6.45, 7) is 3.98. The second-order valence-electron chi connectivity index (χ2n) is 3.27. The molecule has 4 nitrogen and oxygen atoms in total. The van der Waals surface area contributed by atoms with Crippen molar-refractivity contribution in [1.29, 1.82) is 0 Å². The number of hydrogen-bond donors (Lipinski definition) is 1. The van der Waals surface area contributed by atoms with Crippen molar-refractivity contribution in [3.8, 4) is 0 Å². The van der Waals surface area contributed by atoms with Crippen molar-refractivity contribution < 1.29 is 9.90 Å². The quantitative estimate of drug-likeness (QED) is 0.631. The van der Waals surface area contributed by atoms with E-state index in [2.05, 4.69) is 9.97 Å². The van der Waals surface area contributed by atoms with Crippen molar-refractivity contribution in [2.75, 3.05) is 6.26 Å². The van der Waals surface area contributed by atoms with E-state index >= 15 is 0 Å². The Morgan fingerprint density at radius 1 is 1.67 bits per heavy atom. The molecule has 0 aliphatic rings. The van der Waals surface area contributed by atoms with Crippen molar-refractivity contribution in [3.05, 3.63) is 17.5 Å². The zero-order valence-corrected chi connectivity index (χ0v) is 9.84. The minimum Gasteiger partial charge on any atom is -0.478 e. The average molecular weight is 226 g/mol. The lowest BCUT2D eigenvalue weighted by atomic mass is 10.0. The van der Waals surface area contributed by atoms with Gasteiger partial charge in [-0.1, -0.05) is 25.6 Å². The molecule has 82 valence electrons. The van der Waals surface area contributed by atoms with Crippen LogP contribution in [0.1, 0.15) is 42.2 Å². The molecule has 0 fully saturated rings. The molecule has 0 radical (unpaired) electrons. The molecule has 0 amide bonds. The number of aromatic carboxylic acids is 1. The number of rotatable bonds is 4. The number of carboxylic acids is 1. The number of aromatic nitrogens is 2. The number of hydrogen-bond acceptors (Lipinski definition) is 4. The third-order valence-corrected chi connectivity index (χ3v) is 2.85. The van der Waals surface area contributed by atoms with Gasteiger partial charge in [0.1, 0.15) is 0 Å². The number of carbonyl (C=O) groups is 1. The van der Waals surface area contributed by atoms with Crippen molar-refractivity contribution in [2.24, 2.45) is 0 Å². The fraction of sp³-hybridized carbons (Fsp3) is 0.500. The molecule has 0 bridgehead atoms. The van der Waals surface area contributed by atoms with Crippen LogP contribution in [-0.4, -0.2) is 27.3 Å².